The van der Waals surface area contributed by atoms with Crippen LogP contribution in [0.15, 0.2) is 12.1 Å². The normalized spacial score (nSPS) is 18.4. The van der Waals surface area contributed by atoms with Crippen molar-refractivity contribution in [2.75, 3.05) is 41.1 Å². The maximum absolute atomic E-state index is 5.48. The average molecular weight is 290 g/mol. The average Bonchev–Trinajstić information content (AvgIpc) is 2.46. The Labute approximate surface area is 119 Å². The fourth-order valence-corrected chi connectivity index (χ4v) is 2.16. The van der Waals surface area contributed by atoms with Crippen molar-refractivity contribution >= 4 is 12.4 Å². The van der Waals surface area contributed by atoms with Crippen LogP contribution >= 0.6 is 12.4 Å². The molecular weight excluding hydrogens is 270 g/mol. The summed E-state index contributed by atoms with van der Waals surface area (Å²) < 4.78 is 21.6. The highest BCUT2D eigenvalue weighted by atomic mass is 35.5. The molecule has 1 heterocycles. The molecule has 1 aromatic carbocycles. The van der Waals surface area contributed by atoms with Gasteiger partial charge >= 0.3 is 0 Å². The first-order chi connectivity index (χ1) is 8.81. The van der Waals surface area contributed by atoms with Crippen molar-refractivity contribution in [1.82, 2.24) is 5.32 Å². The van der Waals surface area contributed by atoms with Gasteiger partial charge in [-0.3, -0.25) is 0 Å². The van der Waals surface area contributed by atoms with Gasteiger partial charge in [-0.25, -0.2) is 0 Å². The Hall–Kier alpha value is -1.17. The number of ether oxygens (including phenoxy) is 4. The van der Waals surface area contributed by atoms with Gasteiger partial charge in [0.15, 0.2) is 11.5 Å². The van der Waals surface area contributed by atoms with Gasteiger partial charge in [0.2, 0.25) is 5.75 Å². The fourth-order valence-electron chi connectivity index (χ4n) is 2.16. The molecule has 108 valence electrons. The van der Waals surface area contributed by atoms with E-state index in [-0.39, 0.29) is 18.4 Å². The summed E-state index contributed by atoms with van der Waals surface area (Å²) >= 11 is 0. The van der Waals surface area contributed by atoms with Crippen LogP contribution in [0.2, 0.25) is 0 Å². The Morgan fingerprint density at radius 1 is 1.11 bits per heavy atom. The third-order valence-electron chi connectivity index (χ3n) is 3.03. The summed E-state index contributed by atoms with van der Waals surface area (Å²) in [5, 5.41) is 3.40. The molecule has 1 fully saturated rings. The monoisotopic (exact) mass is 289 g/mol. The van der Waals surface area contributed by atoms with E-state index in [4.69, 9.17) is 18.9 Å². The number of halogens is 1. The molecule has 19 heavy (non-hydrogen) atoms. The predicted molar refractivity (Wildman–Crippen MR) is 74.9 cm³/mol. The molecule has 1 aromatic rings. The van der Waals surface area contributed by atoms with Crippen LogP contribution in [-0.4, -0.2) is 41.1 Å². The minimum atomic E-state index is 0. The molecule has 1 aliphatic heterocycles. The van der Waals surface area contributed by atoms with Crippen molar-refractivity contribution in [3.63, 3.8) is 0 Å². The van der Waals surface area contributed by atoms with Gasteiger partial charge < -0.3 is 24.3 Å². The third kappa shape index (κ3) is 3.23. The zero-order valence-corrected chi connectivity index (χ0v) is 12.2. The molecule has 0 aromatic heterocycles. The van der Waals surface area contributed by atoms with Gasteiger partial charge in [-0.2, -0.15) is 0 Å². The Morgan fingerprint density at radius 2 is 1.84 bits per heavy atom. The van der Waals surface area contributed by atoms with Gasteiger partial charge in [0.1, 0.15) is 0 Å². The van der Waals surface area contributed by atoms with E-state index in [0.29, 0.717) is 23.9 Å². The van der Waals surface area contributed by atoms with E-state index >= 15 is 0 Å². The maximum atomic E-state index is 5.48. The molecule has 1 saturated heterocycles. The Kier molecular flexibility index (Phi) is 6.21. The number of benzene rings is 1. The van der Waals surface area contributed by atoms with E-state index in [1.807, 2.05) is 12.1 Å². The third-order valence-corrected chi connectivity index (χ3v) is 3.03. The summed E-state index contributed by atoms with van der Waals surface area (Å²) in [4.78, 5) is 0. The van der Waals surface area contributed by atoms with E-state index in [0.717, 1.165) is 18.7 Å². The van der Waals surface area contributed by atoms with E-state index in [1.54, 1.807) is 21.3 Å². The number of hydrogen-bond acceptors (Lipinski definition) is 5. The van der Waals surface area contributed by atoms with Crippen molar-refractivity contribution in [3.05, 3.63) is 17.7 Å². The Bertz CT molecular complexity index is 408. The molecule has 2 rings (SSSR count). The van der Waals surface area contributed by atoms with Crippen LogP contribution in [0.1, 0.15) is 11.6 Å². The van der Waals surface area contributed by atoms with Gasteiger partial charge in [0.25, 0.3) is 0 Å². The van der Waals surface area contributed by atoms with Crippen LogP contribution in [0.3, 0.4) is 0 Å². The zero-order valence-electron chi connectivity index (χ0n) is 11.4. The first-order valence-corrected chi connectivity index (χ1v) is 5.91. The van der Waals surface area contributed by atoms with E-state index in [1.165, 1.54) is 0 Å². The van der Waals surface area contributed by atoms with Crippen LogP contribution in [0, 0.1) is 0 Å². The molecule has 0 amide bonds. The summed E-state index contributed by atoms with van der Waals surface area (Å²) in [6, 6.07) is 3.98. The molecule has 1 N–H and O–H groups in total. The molecule has 6 heteroatoms. The van der Waals surface area contributed by atoms with E-state index in [9.17, 15) is 0 Å². The lowest BCUT2D eigenvalue weighted by atomic mass is 10.0. The predicted octanol–water partition coefficient (Wildman–Crippen LogP) is 1.80. The summed E-state index contributed by atoms with van der Waals surface area (Å²) in [5.74, 6) is 1.97. The highest BCUT2D eigenvalue weighted by Gasteiger charge is 2.23. The van der Waals surface area contributed by atoms with Gasteiger partial charge in [-0.1, -0.05) is 0 Å². The molecule has 0 bridgehead atoms. The van der Waals surface area contributed by atoms with Crippen molar-refractivity contribution in [2.24, 2.45) is 0 Å². The Morgan fingerprint density at radius 3 is 2.37 bits per heavy atom. The molecule has 0 unspecified atom stereocenters. The van der Waals surface area contributed by atoms with Crippen LogP contribution in [0.4, 0.5) is 0 Å². The number of methoxy groups -OCH3 is 3. The number of morpholine rings is 1. The molecule has 1 aliphatic rings. The van der Waals surface area contributed by atoms with Crippen LogP contribution in [-0.2, 0) is 4.74 Å². The second-order valence-corrected chi connectivity index (χ2v) is 4.01. The molecule has 5 nitrogen and oxygen atoms in total. The summed E-state index contributed by atoms with van der Waals surface area (Å²) in [6.45, 7) is 2.21. The first-order valence-electron chi connectivity index (χ1n) is 5.91. The van der Waals surface area contributed by atoms with E-state index in [2.05, 4.69) is 5.32 Å². The lowest BCUT2D eigenvalue weighted by molar-refractivity contribution is 0.0759. The van der Waals surface area contributed by atoms with Crippen molar-refractivity contribution in [2.45, 2.75) is 6.04 Å². The largest absolute Gasteiger partial charge is 0.493 e. The molecule has 0 spiro atoms. The first kappa shape index (κ1) is 15.9. The molecule has 0 aliphatic carbocycles. The molecule has 0 radical (unpaired) electrons. The van der Waals surface area contributed by atoms with Gasteiger partial charge in [0, 0.05) is 12.1 Å². The van der Waals surface area contributed by atoms with Gasteiger partial charge in [0.05, 0.1) is 40.6 Å². The highest BCUT2D eigenvalue weighted by molar-refractivity contribution is 5.85. The smallest absolute Gasteiger partial charge is 0.203 e. The van der Waals surface area contributed by atoms with Crippen LogP contribution in [0.5, 0.6) is 17.2 Å². The summed E-state index contributed by atoms with van der Waals surface area (Å²) in [7, 11) is 4.85. The van der Waals surface area contributed by atoms with Gasteiger partial charge in [-0.15, -0.1) is 12.4 Å². The number of rotatable bonds is 4. The summed E-state index contributed by atoms with van der Waals surface area (Å²) in [6.07, 6.45) is 0. The minimum absolute atomic E-state index is 0. The van der Waals surface area contributed by atoms with Crippen molar-refractivity contribution < 1.29 is 18.9 Å². The lowest BCUT2D eigenvalue weighted by Gasteiger charge is -2.26. The van der Waals surface area contributed by atoms with Crippen molar-refractivity contribution in [1.29, 1.82) is 0 Å². The standard InChI is InChI=1S/C13H19NO4.ClH/c1-15-11-5-4-9(10-8-18-7-6-14-10)12(16-2)13(11)17-3;/h4-5,10,14H,6-8H2,1-3H3;1H/t10-;/m1./s1. The molecular formula is C13H20ClNO4. The SMILES string of the molecule is COc1ccc([C@H]2COCCN2)c(OC)c1OC.Cl. The Balaban J connectivity index is 0.00000180. The molecule has 1 atom stereocenters. The summed E-state index contributed by atoms with van der Waals surface area (Å²) in [5.41, 5.74) is 1.02. The molecule has 0 saturated carbocycles. The number of nitrogens with one attached hydrogen (secondary N) is 1. The zero-order chi connectivity index (χ0) is 13.0. The van der Waals surface area contributed by atoms with Gasteiger partial charge in [-0.05, 0) is 12.1 Å². The minimum Gasteiger partial charge on any atom is -0.493 e. The second-order valence-electron chi connectivity index (χ2n) is 4.01. The number of hydrogen-bond donors (Lipinski definition) is 1. The van der Waals surface area contributed by atoms with E-state index < -0.39 is 0 Å². The fraction of sp³-hybridized carbons (Fsp3) is 0.538. The van der Waals surface area contributed by atoms with Crippen molar-refractivity contribution in [3.8, 4) is 17.2 Å². The maximum Gasteiger partial charge on any atom is 0.203 e. The van der Waals surface area contributed by atoms with Crippen LogP contribution in [0.25, 0.3) is 0 Å². The topological polar surface area (TPSA) is 49.0 Å². The van der Waals surface area contributed by atoms with Crippen LogP contribution < -0.4 is 19.5 Å². The second kappa shape index (κ2) is 7.43. The quantitative estimate of drug-likeness (QED) is 0.916. The highest BCUT2D eigenvalue weighted by Crippen LogP contribution is 2.42. The lowest BCUT2D eigenvalue weighted by Crippen LogP contribution is -2.34.